The average molecular weight is 260 g/mol. The summed E-state index contributed by atoms with van der Waals surface area (Å²) >= 11 is 0. The Labute approximate surface area is 108 Å². The van der Waals surface area contributed by atoms with Crippen LogP contribution in [0.4, 0.5) is 4.39 Å². The van der Waals surface area contributed by atoms with E-state index in [2.05, 4.69) is 9.97 Å². The topological polar surface area (TPSA) is 66.0 Å². The van der Waals surface area contributed by atoms with E-state index in [-0.39, 0.29) is 5.56 Å². The number of carbonyl (C=O) groups is 1. The van der Waals surface area contributed by atoms with Gasteiger partial charge in [0, 0.05) is 12.0 Å². The highest BCUT2D eigenvalue weighted by molar-refractivity contribution is 5.92. The van der Waals surface area contributed by atoms with Crippen LogP contribution in [0.15, 0.2) is 12.1 Å². The van der Waals surface area contributed by atoms with E-state index < -0.39 is 11.8 Å². The van der Waals surface area contributed by atoms with Crippen LogP contribution < -0.4 is 0 Å². The quantitative estimate of drug-likeness (QED) is 0.872. The number of aromatic nitrogens is 2. The van der Waals surface area contributed by atoms with Crippen LogP contribution in [-0.2, 0) is 0 Å². The number of hydrogen-bond acceptors (Lipinski definition) is 2. The zero-order valence-electron chi connectivity index (χ0n) is 10.2. The predicted octanol–water partition coefficient (Wildman–Crippen LogP) is 2.91. The Balaban J connectivity index is 1.77. The van der Waals surface area contributed by atoms with Crippen LogP contribution in [0.1, 0.15) is 41.4 Å². The molecule has 0 amide bonds. The van der Waals surface area contributed by atoms with Crippen molar-refractivity contribution in [1.29, 1.82) is 0 Å². The van der Waals surface area contributed by atoms with E-state index in [1.807, 2.05) is 0 Å². The van der Waals surface area contributed by atoms with Crippen molar-refractivity contribution in [2.24, 2.45) is 11.8 Å². The smallest absolute Gasteiger partial charge is 0.338 e. The number of aromatic carboxylic acids is 1. The van der Waals surface area contributed by atoms with Gasteiger partial charge in [-0.2, -0.15) is 0 Å². The van der Waals surface area contributed by atoms with Gasteiger partial charge in [0.15, 0.2) is 0 Å². The highest BCUT2D eigenvalue weighted by Gasteiger charge is 2.54. The summed E-state index contributed by atoms with van der Waals surface area (Å²) in [5.41, 5.74) is 0.808. The first-order chi connectivity index (χ1) is 9.15. The molecule has 2 aliphatic rings. The van der Waals surface area contributed by atoms with Crippen molar-refractivity contribution in [2.75, 3.05) is 0 Å². The summed E-state index contributed by atoms with van der Waals surface area (Å²) in [6.45, 7) is 0. The number of halogens is 1. The fraction of sp³-hybridized carbons (Fsp3) is 0.429. The van der Waals surface area contributed by atoms with Crippen LogP contribution >= 0.6 is 0 Å². The predicted molar refractivity (Wildman–Crippen MR) is 66.6 cm³/mol. The molecule has 4 nitrogen and oxygen atoms in total. The molecule has 2 fully saturated rings. The largest absolute Gasteiger partial charge is 0.478 e. The van der Waals surface area contributed by atoms with Gasteiger partial charge in [0.2, 0.25) is 0 Å². The zero-order chi connectivity index (χ0) is 13.1. The molecule has 1 heterocycles. The SMILES string of the molecule is O=C(O)c1cc2nc(C3C4CCCC43)[nH]c2cc1F. The van der Waals surface area contributed by atoms with Gasteiger partial charge in [0.05, 0.1) is 16.6 Å². The van der Waals surface area contributed by atoms with E-state index in [0.717, 1.165) is 17.7 Å². The van der Waals surface area contributed by atoms with E-state index in [4.69, 9.17) is 5.11 Å². The van der Waals surface area contributed by atoms with E-state index in [9.17, 15) is 9.18 Å². The van der Waals surface area contributed by atoms with Crippen LogP contribution in [0, 0.1) is 17.7 Å². The highest BCUT2D eigenvalue weighted by Crippen LogP contribution is 2.62. The maximum atomic E-state index is 13.6. The molecule has 0 bridgehead atoms. The van der Waals surface area contributed by atoms with Gasteiger partial charge >= 0.3 is 5.97 Å². The normalized spacial score (nSPS) is 28.6. The molecular weight excluding hydrogens is 247 g/mol. The van der Waals surface area contributed by atoms with E-state index >= 15 is 0 Å². The molecule has 2 unspecified atom stereocenters. The first-order valence-corrected chi connectivity index (χ1v) is 6.57. The summed E-state index contributed by atoms with van der Waals surface area (Å²) in [6.07, 6.45) is 3.80. The maximum Gasteiger partial charge on any atom is 0.338 e. The Morgan fingerprint density at radius 2 is 2.11 bits per heavy atom. The number of imidazole rings is 1. The fourth-order valence-electron chi connectivity index (χ4n) is 3.60. The van der Waals surface area contributed by atoms with Crippen molar-refractivity contribution in [3.63, 3.8) is 0 Å². The Morgan fingerprint density at radius 3 is 2.79 bits per heavy atom. The first kappa shape index (κ1) is 11.0. The summed E-state index contributed by atoms with van der Waals surface area (Å²) in [5, 5.41) is 8.91. The van der Waals surface area contributed by atoms with Crippen LogP contribution in [0.25, 0.3) is 11.0 Å². The summed E-state index contributed by atoms with van der Waals surface area (Å²) in [5.74, 6) is 0.844. The minimum absolute atomic E-state index is 0.318. The van der Waals surface area contributed by atoms with Crippen molar-refractivity contribution in [3.05, 3.63) is 29.3 Å². The number of nitrogens with zero attached hydrogens (tertiary/aromatic N) is 1. The molecule has 2 aromatic rings. The number of nitrogens with one attached hydrogen (secondary N) is 1. The van der Waals surface area contributed by atoms with Gasteiger partial charge < -0.3 is 10.1 Å². The molecule has 2 saturated carbocycles. The van der Waals surface area contributed by atoms with Crippen LogP contribution in [0.2, 0.25) is 0 Å². The van der Waals surface area contributed by atoms with Crippen molar-refractivity contribution < 1.29 is 14.3 Å². The Morgan fingerprint density at radius 1 is 1.37 bits per heavy atom. The maximum absolute atomic E-state index is 13.6. The van der Waals surface area contributed by atoms with Crippen molar-refractivity contribution in [2.45, 2.75) is 25.2 Å². The molecular formula is C14H13FN2O2. The third-order valence-electron chi connectivity index (χ3n) is 4.54. The molecule has 0 radical (unpaired) electrons. The molecule has 2 N–H and O–H groups in total. The number of hydrogen-bond donors (Lipinski definition) is 2. The molecule has 19 heavy (non-hydrogen) atoms. The lowest BCUT2D eigenvalue weighted by atomic mass is 10.1. The van der Waals surface area contributed by atoms with Crippen molar-refractivity contribution in [1.82, 2.24) is 9.97 Å². The molecule has 0 spiro atoms. The minimum atomic E-state index is -1.26. The molecule has 4 rings (SSSR count). The Kier molecular flexibility index (Phi) is 2.05. The van der Waals surface area contributed by atoms with Gasteiger partial charge in [-0.15, -0.1) is 0 Å². The molecule has 2 atom stereocenters. The number of H-pyrrole nitrogens is 1. The zero-order valence-corrected chi connectivity index (χ0v) is 10.2. The number of fused-ring (bicyclic) bond motifs is 2. The summed E-state index contributed by atoms with van der Waals surface area (Å²) in [4.78, 5) is 18.5. The lowest BCUT2D eigenvalue weighted by Gasteiger charge is -1.97. The van der Waals surface area contributed by atoms with E-state index in [1.165, 1.54) is 31.4 Å². The van der Waals surface area contributed by atoms with Crippen LogP contribution in [-0.4, -0.2) is 21.0 Å². The standard InChI is InChI=1S/C14H13FN2O2/c15-9-5-11-10(4-8(9)14(18)19)16-13(17-11)12-6-2-1-3-7(6)12/h4-7,12H,1-3H2,(H,16,17)(H,18,19). The number of carboxylic acids is 1. The monoisotopic (exact) mass is 260 g/mol. The number of benzene rings is 1. The summed E-state index contributed by atoms with van der Waals surface area (Å²) < 4.78 is 13.6. The minimum Gasteiger partial charge on any atom is -0.478 e. The molecule has 1 aromatic heterocycles. The molecule has 2 aliphatic carbocycles. The third kappa shape index (κ3) is 1.50. The summed E-state index contributed by atoms with van der Waals surface area (Å²) in [6, 6.07) is 2.54. The van der Waals surface area contributed by atoms with Gasteiger partial charge in [-0.3, -0.25) is 0 Å². The lowest BCUT2D eigenvalue weighted by molar-refractivity contribution is 0.0692. The lowest BCUT2D eigenvalue weighted by Crippen LogP contribution is -1.99. The Bertz CT molecular complexity index is 684. The molecule has 1 aromatic carbocycles. The third-order valence-corrected chi connectivity index (χ3v) is 4.54. The highest BCUT2D eigenvalue weighted by atomic mass is 19.1. The van der Waals surface area contributed by atoms with Crippen LogP contribution in [0.5, 0.6) is 0 Å². The van der Waals surface area contributed by atoms with E-state index in [1.54, 1.807) is 0 Å². The molecule has 98 valence electrons. The van der Waals surface area contributed by atoms with Gasteiger partial charge in [-0.05, 0) is 30.7 Å². The first-order valence-electron chi connectivity index (χ1n) is 6.57. The van der Waals surface area contributed by atoms with Gasteiger partial charge in [-0.1, -0.05) is 6.42 Å². The number of carboxylic acid groups (broad SMARTS) is 1. The second kappa shape index (κ2) is 3.56. The second-order valence-corrected chi connectivity index (χ2v) is 5.56. The van der Waals surface area contributed by atoms with E-state index in [0.29, 0.717) is 17.0 Å². The van der Waals surface area contributed by atoms with Crippen LogP contribution in [0.3, 0.4) is 0 Å². The number of aromatic amines is 1. The Hall–Kier alpha value is -1.91. The number of rotatable bonds is 2. The van der Waals surface area contributed by atoms with Gasteiger partial charge in [0.1, 0.15) is 11.6 Å². The fourth-order valence-corrected chi connectivity index (χ4v) is 3.60. The van der Waals surface area contributed by atoms with Crippen molar-refractivity contribution >= 4 is 17.0 Å². The second-order valence-electron chi connectivity index (χ2n) is 5.56. The summed E-state index contributed by atoms with van der Waals surface area (Å²) in [7, 11) is 0. The molecule has 0 saturated heterocycles. The molecule has 5 heteroatoms. The van der Waals surface area contributed by atoms with Gasteiger partial charge in [0.25, 0.3) is 0 Å². The average Bonchev–Trinajstić information content (AvgIpc) is 2.77. The van der Waals surface area contributed by atoms with Crippen molar-refractivity contribution in [3.8, 4) is 0 Å². The van der Waals surface area contributed by atoms with Gasteiger partial charge in [-0.25, -0.2) is 14.2 Å². The molecule has 0 aliphatic heterocycles.